The van der Waals surface area contributed by atoms with Crippen LogP contribution in [0.25, 0.3) is 11.5 Å². The third-order valence-corrected chi connectivity index (χ3v) is 4.01. The first kappa shape index (κ1) is 15.4. The Morgan fingerprint density at radius 2 is 2.00 bits per heavy atom. The summed E-state index contributed by atoms with van der Waals surface area (Å²) in [5, 5.41) is 10.0. The lowest BCUT2D eigenvalue weighted by molar-refractivity contribution is 0.0991. The van der Waals surface area contributed by atoms with E-state index in [4.69, 9.17) is 4.42 Å². The van der Waals surface area contributed by atoms with E-state index >= 15 is 0 Å². The van der Waals surface area contributed by atoms with E-state index in [0.717, 1.165) is 10.0 Å². The largest absolute Gasteiger partial charge is 0.412 e. The molecule has 1 aromatic heterocycles. The molecule has 1 amide bonds. The van der Waals surface area contributed by atoms with Crippen LogP contribution in [0.1, 0.15) is 16.2 Å². The second-order valence-corrected chi connectivity index (χ2v) is 5.66. The first-order chi connectivity index (χ1) is 11.0. The van der Waals surface area contributed by atoms with Crippen LogP contribution < -0.4 is 5.32 Å². The fourth-order valence-electron chi connectivity index (χ4n) is 1.91. The highest BCUT2D eigenvalue weighted by Gasteiger charge is 2.18. The van der Waals surface area contributed by atoms with Crippen LogP contribution in [-0.4, -0.2) is 16.1 Å². The predicted octanol–water partition coefficient (Wildman–Crippen LogP) is 4.20. The van der Waals surface area contributed by atoms with E-state index in [2.05, 4.69) is 31.4 Å². The van der Waals surface area contributed by atoms with Gasteiger partial charge in [0.05, 0.1) is 5.56 Å². The summed E-state index contributed by atoms with van der Waals surface area (Å²) in [7, 11) is 0. The number of rotatable bonds is 3. The number of nitrogens with zero attached hydrogens (tertiary/aromatic N) is 2. The molecule has 3 rings (SSSR count). The summed E-state index contributed by atoms with van der Waals surface area (Å²) in [4.78, 5) is 12.1. The number of nitrogens with one attached hydrogen (secondary N) is 1. The zero-order chi connectivity index (χ0) is 16.4. The number of benzene rings is 2. The van der Waals surface area contributed by atoms with Gasteiger partial charge in [-0.2, -0.15) is 0 Å². The van der Waals surface area contributed by atoms with E-state index in [1.54, 1.807) is 24.3 Å². The maximum atomic E-state index is 13.7. The lowest BCUT2D eigenvalue weighted by atomic mass is 10.2. The summed E-state index contributed by atoms with van der Waals surface area (Å²) in [6.07, 6.45) is 0. The Morgan fingerprint density at radius 3 is 2.74 bits per heavy atom. The summed E-state index contributed by atoms with van der Waals surface area (Å²) in [5.74, 6) is -1.33. The summed E-state index contributed by atoms with van der Waals surface area (Å²) in [6, 6.07) is 11.4. The number of anilines is 1. The quantitative estimate of drug-likeness (QED) is 0.744. The van der Waals surface area contributed by atoms with Crippen LogP contribution in [0.5, 0.6) is 0 Å². The van der Waals surface area contributed by atoms with Gasteiger partial charge < -0.3 is 9.73 Å². The highest BCUT2D eigenvalue weighted by molar-refractivity contribution is 9.10. The molecule has 23 heavy (non-hydrogen) atoms. The van der Waals surface area contributed by atoms with Crippen LogP contribution >= 0.6 is 15.9 Å². The molecule has 0 aliphatic rings. The van der Waals surface area contributed by atoms with Gasteiger partial charge >= 0.3 is 11.8 Å². The van der Waals surface area contributed by atoms with Crippen LogP contribution in [0.4, 0.5) is 10.1 Å². The second kappa shape index (κ2) is 6.29. The molecule has 0 bridgehead atoms. The topological polar surface area (TPSA) is 68.0 Å². The lowest BCUT2D eigenvalue weighted by Crippen LogP contribution is -2.12. The van der Waals surface area contributed by atoms with Gasteiger partial charge in [0.25, 0.3) is 5.89 Å². The van der Waals surface area contributed by atoms with Crippen molar-refractivity contribution < 1.29 is 13.6 Å². The second-order valence-electron chi connectivity index (χ2n) is 4.81. The van der Waals surface area contributed by atoms with Crippen molar-refractivity contribution in [2.24, 2.45) is 0 Å². The summed E-state index contributed by atoms with van der Waals surface area (Å²) < 4.78 is 19.8. The van der Waals surface area contributed by atoms with Crippen molar-refractivity contribution in [3.63, 3.8) is 0 Å². The molecule has 0 unspecified atom stereocenters. The van der Waals surface area contributed by atoms with Crippen LogP contribution in [0, 0.1) is 12.7 Å². The Balaban J connectivity index is 1.81. The monoisotopic (exact) mass is 375 g/mol. The van der Waals surface area contributed by atoms with E-state index < -0.39 is 11.7 Å². The number of halogens is 2. The van der Waals surface area contributed by atoms with Crippen molar-refractivity contribution in [2.45, 2.75) is 6.92 Å². The smallest absolute Gasteiger partial charge is 0.313 e. The molecule has 0 saturated carbocycles. The third-order valence-electron chi connectivity index (χ3n) is 3.15. The summed E-state index contributed by atoms with van der Waals surface area (Å²) >= 11 is 3.39. The average molecular weight is 376 g/mol. The van der Waals surface area contributed by atoms with Crippen molar-refractivity contribution in [3.05, 3.63) is 64.2 Å². The molecule has 0 atom stereocenters. The van der Waals surface area contributed by atoms with Gasteiger partial charge in [0, 0.05) is 10.2 Å². The molecule has 116 valence electrons. The van der Waals surface area contributed by atoms with Crippen molar-refractivity contribution in [3.8, 4) is 11.5 Å². The van der Waals surface area contributed by atoms with Crippen LogP contribution in [0.2, 0.25) is 0 Å². The number of amides is 1. The van der Waals surface area contributed by atoms with Crippen LogP contribution in [0.15, 0.2) is 51.4 Å². The molecule has 1 N–H and O–H groups in total. The highest BCUT2D eigenvalue weighted by Crippen LogP contribution is 2.23. The van der Waals surface area contributed by atoms with Gasteiger partial charge in [0.2, 0.25) is 0 Å². The molecular weight excluding hydrogens is 365 g/mol. The Hall–Kier alpha value is -2.54. The molecule has 0 radical (unpaired) electrons. The Bertz CT molecular complexity index is 879. The molecule has 7 heteroatoms. The van der Waals surface area contributed by atoms with Gasteiger partial charge in [-0.1, -0.05) is 34.1 Å². The van der Waals surface area contributed by atoms with Gasteiger partial charge in [0.15, 0.2) is 0 Å². The van der Waals surface area contributed by atoms with Gasteiger partial charge in [-0.05, 0) is 36.8 Å². The number of aromatic nitrogens is 2. The third kappa shape index (κ3) is 3.29. The molecule has 1 heterocycles. The van der Waals surface area contributed by atoms with Crippen molar-refractivity contribution in [1.82, 2.24) is 10.2 Å². The SMILES string of the molecule is Cc1ccc(NC(=O)c2nnc(-c3ccccc3F)o2)cc1Br. The van der Waals surface area contributed by atoms with E-state index in [0.29, 0.717) is 5.69 Å². The fourth-order valence-corrected chi connectivity index (χ4v) is 2.29. The standard InChI is InChI=1S/C16H11BrFN3O2/c1-9-6-7-10(8-12(9)17)19-14(22)16-21-20-15(23-16)11-4-2-3-5-13(11)18/h2-8H,1H3,(H,19,22). The van der Waals surface area contributed by atoms with E-state index in [9.17, 15) is 9.18 Å². The Kier molecular flexibility index (Phi) is 4.20. The number of hydrogen-bond acceptors (Lipinski definition) is 4. The van der Waals surface area contributed by atoms with E-state index in [1.165, 1.54) is 12.1 Å². The van der Waals surface area contributed by atoms with Crippen LogP contribution in [0.3, 0.4) is 0 Å². The maximum Gasteiger partial charge on any atom is 0.313 e. The molecule has 5 nitrogen and oxygen atoms in total. The average Bonchev–Trinajstić information content (AvgIpc) is 3.01. The van der Waals surface area contributed by atoms with Crippen molar-refractivity contribution >= 4 is 27.5 Å². The number of aryl methyl sites for hydroxylation is 1. The molecular formula is C16H11BrFN3O2. The first-order valence-corrected chi connectivity index (χ1v) is 7.50. The van der Waals surface area contributed by atoms with Gasteiger partial charge in [-0.25, -0.2) is 4.39 Å². The Labute approximate surface area is 139 Å². The maximum absolute atomic E-state index is 13.7. The van der Waals surface area contributed by atoms with Crippen LogP contribution in [-0.2, 0) is 0 Å². The molecule has 2 aromatic carbocycles. The lowest BCUT2D eigenvalue weighted by Gasteiger charge is -2.04. The molecule has 0 aliphatic carbocycles. The predicted molar refractivity (Wildman–Crippen MR) is 86.5 cm³/mol. The Morgan fingerprint density at radius 1 is 1.22 bits per heavy atom. The minimum atomic E-state index is -0.559. The van der Waals surface area contributed by atoms with E-state index in [1.807, 2.05) is 13.0 Å². The van der Waals surface area contributed by atoms with Crippen molar-refractivity contribution in [1.29, 1.82) is 0 Å². The normalized spacial score (nSPS) is 10.6. The summed E-state index contributed by atoms with van der Waals surface area (Å²) in [5.41, 5.74) is 1.78. The molecule has 0 fully saturated rings. The van der Waals surface area contributed by atoms with Gasteiger partial charge in [-0.15, -0.1) is 10.2 Å². The first-order valence-electron chi connectivity index (χ1n) is 6.70. The minimum Gasteiger partial charge on any atom is -0.412 e. The van der Waals surface area contributed by atoms with Gasteiger partial charge in [-0.3, -0.25) is 4.79 Å². The van der Waals surface area contributed by atoms with Gasteiger partial charge in [0.1, 0.15) is 5.82 Å². The number of carbonyl (C=O) groups excluding carboxylic acids is 1. The molecule has 0 aliphatic heterocycles. The molecule has 0 saturated heterocycles. The highest BCUT2D eigenvalue weighted by atomic mass is 79.9. The molecule has 0 spiro atoms. The number of hydrogen-bond donors (Lipinski definition) is 1. The summed E-state index contributed by atoms with van der Waals surface area (Å²) in [6.45, 7) is 1.94. The minimum absolute atomic E-state index is 0.0432. The zero-order valence-corrected chi connectivity index (χ0v) is 13.6. The van der Waals surface area contributed by atoms with Crippen molar-refractivity contribution in [2.75, 3.05) is 5.32 Å². The molecule has 3 aromatic rings. The number of carbonyl (C=O) groups is 1. The fraction of sp³-hybridized carbons (Fsp3) is 0.0625. The zero-order valence-electron chi connectivity index (χ0n) is 12.0. The van der Waals surface area contributed by atoms with E-state index in [-0.39, 0.29) is 17.3 Å².